The Balaban J connectivity index is 3.21. The van der Waals surface area contributed by atoms with Gasteiger partial charge in [0.2, 0.25) is 0 Å². The van der Waals surface area contributed by atoms with Gasteiger partial charge in [-0.05, 0) is 6.92 Å². The molecule has 1 aromatic carbocycles. The number of carbonyl (C=O) groups excluding carboxylic acids is 1. The van der Waals surface area contributed by atoms with Gasteiger partial charge in [0.25, 0.3) is 0 Å². The molecule has 88 valence electrons. The van der Waals surface area contributed by atoms with Gasteiger partial charge in [-0.2, -0.15) is 0 Å². The summed E-state index contributed by atoms with van der Waals surface area (Å²) in [6, 6.07) is 9.09. The maximum absolute atomic E-state index is 12.8. The molecule has 0 radical (unpaired) electrons. The first-order valence-corrected chi connectivity index (χ1v) is 7.20. The van der Waals surface area contributed by atoms with Gasteiger partial charge in [-0.15, -0.1) is 0 Å². The summed E-state index contributed by atoms with van der Waals surface area (Å²) in [7, 11) is -1.36. The Labute approximate surface area is 96.2 Å². The molecule has 0 N–H and O–H groups in total. The molecule has 0 saturated heterocycles. The lowest BCUT2D eigenvalue weighted by atomic mass is 10.4. The molecular formula is C12H17O3P. The van der Waals surface area contributed by atoms with Crippen molar-refractivity contribution < 1.29 is 14.1 Å². The number of hydrogen-bond donors (Lipinski definition) is 0. The third-order valence-electron chi connectivity index (χ3n) is 2.61. The van der Waals surface area contributed by atoms with Gasteiger partial charge in [0.05, 0.1) is 0 Å². The zero-order valence-corrected chi connectivity index (χ0v) is 10.7. The van der Waals surface area contributed by atoms with Crippen molar-refractivity contribution in [2.24, 2.45) is 0 Å². The Morgan fingerprint density at radius 1 is 1.38 bits per heavy atom. The molecule has 0 amide bonds. The van der Waals surface area contributed by atoms with Crippen LogP contribution < -0.4 is 5.30 Å². The van der Waals surface area contributed by atoms with Crippen LogP contribution in [0.2, 0.25) is 0 Å². The average Bonchev–Trinajstić information content (AvgIpc) is 2.30. The lowest BCUT2D eigenvalue weighted by Gasteiger charge is -2.23. The number of ether oxygens (including phenoxy) is 1. The van der Waals surface area contributed by atoms with Crippen molar-refractivity contribution in [1.82, 2.24) is 0 Å². The lowest BCUT2D eigenvalue weighted by molar-refractivity contribution is -0.122. The zero-order valence-electron chi connectivity index (χ0n) is 9.84. The molecule has 1 rings (SSSR count). The maximum atomic E-state index is 12.8. The summed E-state index contributed by atoms with van der Waals surface area (Å²) in [4.78, 5) is 11.5. The van der Waals surface area contributed by atoms with E-state index < -0.39 is 13.0 Å². The molecule has 0 fully saturated rings. The Hall–Kier alpha value is -0.920. The monoisotopic (exact) mass is 240 g/mol. The molecule has 0 heterocycles. The van der Waals surface area contributed by atoms with E-state index in [1.165, 1.54) is 14.0 Å². The van der Waals surface area contributed by atoms with E-state index in [0.29, 0.717) is 11.5 Å². The summed E-state index contributed by atoms with van der Waals surface area (Å²) < 4.78 is 17.9. The van der Waals surface area contributed by atoms with E-state index in [9.17, 15) is 9.36 Å². The lowest BCUT2D eigenvalue weighted by Crippen LogP contribution is -2.27. The Kier molecular flexibility index (Phi) is 4.45. The van der Waals surface area contributed by atoms with Gasteiger partial charge in [0.1, 0.15) is 7.14 Å². The Morgan fingerprint density at radius 3 is 2.31 bits per heavy atom. The molecular weight excluding hydrogens is 223 g/mol. The normalized spacial score (nSPS) is 16.4. The fraction of sp³-hybridized carbons (Fsp3) is 0.417. The van der Waals surface area contributed by atoms with Crippen molar-refractivity contribution in [1.29, 1.82) is 0 Å². The van der Waals surface area contributed by atoms with Crippen molar-refractivity contribution in [3.05, 3.63) is 30.3 Å². The predicted molar refractivity (Wildman–Crippen MR) is 65.7 cm³/mol. The molecule has 1 aromatic rings. The molecule has 3 nitrogen and oxygen atoms in total. The number of hydrogen-bond acceptors (Lipinski definition) is 3. The smallest absolute Gasteiger partial charge is 0.171 e. The van der Waals surface area contributed by atoms with Crippen molar-refractivity contribution in [2.45, 2.75) is 19.7 Å². The zero-order chi connectivity index (χ0) is 12.2. The molecule has 0 aliphatic rings. The van der Waals surface area contributed by atoms with E-state index in [0.717, 1.165) is 0 Å². The van der Waals surface area contributed by atoms with E-state index in [1.807, 2.05) is 25.1 Å². The van der Waals surface area contributed by atoms with E-state index in [-0.39, 0.29) is 5.78 Å². The maximum Gasteiger partial charge on any atom is 0.171 e. The number of rotatable bonds is 5. The highest BCUT2D eigenvalue weighted by atomic mass is 31.2. The van der Waals surface area contributed by atoms with Crippen LogP contribution in [0.25, 0.3) is 0 Å². The first-order chi connectivity index (χ1) is 7.56. The third-order valence-corrected chi connectivity index (χ3v) is 6.06. The van der Waals surface area contributed by atoms with Crippen molar-refractivity contribution in [3.8, 4) is 0 Å². The molecule has 2 unspecified atom stereocenters. The van der Waals surface area contributed by atoms with Crippen LogP contribution in [0.3, 0.4) is 0 Å². The highest BCUT2D eigenvalue weighted by Gasteiger charge is 2.36. The van der Waals surface area contributed by atoms with E-state index >= 15 is 0 Å². The number of methoxy groups -OCH3 is 1. The van der Waals surface area contributed by atoms with Gasteiger partial charge in [0, 0.05) is 18.6 Å². The second-order valence-electron chi connectivity index (χ2n) is 3.65. The molecule has 0 aliphatic carbocycles. The number of benzene rings is 1. The summed E-state index contributed by atoms with van der Waals surface area (Å²) in [6.07, 6.45) is 0.426. The first kappa shape index (κ1) is 13.1. The predicted octanol–water partition coefficient (Wildman–Crippen LogP) is 2.26. The molecule has 0 aliphatic heterocycles. The fourth-order valence-electron chi connectivity index (χ4n) is 1.79. The molecule has 0 bridgehead atoms. The van der Waals surface area contributed by atoms with Crippen LogP contribution in [0.15, 0.2) is 30.3 Å². The summed E-state index contributed by atoms with van der Waals surface area (Å²) in [5.74, 6) is -1.00. The first-order valence-electron chi connectivity index (χ1n) is 5.24. The summed E-state index contributed by atoms with van der Waals surface area (Å²) >= 11 is 0. The van der Waals surface area contributed by atoms with E-state index in [4.69, 9.17) is 4.74 Å². The van der Waals surface area contributed by atoms with Gasteiger partial charge < -0.3 is 9.30 Å². The second kappa shape index (κ2) is 5.42. The standard InChI is InChI=1S/C12H17O3P/c1-4-16(14,12(15-3)10(2)13)11-8-6-5-7-9-11/h5-9,12H,4H2,1-3H3. The third kappa shape index (κ3) is 2.42. The van der Waals surface area contributed by atoms with Gasteiger partial charge in [-0.3, -0.25) is 4.79 Å². The van der Waals surface area contributed by atoms with Crippen LogP contribution in [0.1, 0.15) is 13.8 Å². The molecule has 0 spiro atoms. The number of Topliss-reactive ketones (excluding diaryl/α,β-unsaturated/α-hetero) is 1. The molecule has 0 aromatic heterocycles. The number of carbonyl (C=O) groups is 1. The van der Waals surface area contributed by atoms with Crippen LogP contribution in [0.5, 0.6) is 0 Å². The van der Waals surface area contributed by atoms with Crippen LogP contribution in [-0.2, 0) is 14.1 Å². The van der Waals surface area contributed by atoms with Gasteiger partial charge in [-0.1, -0.05) is 37.3 Å². The van der Waals surface area contributed by atoms with Gasteiger partial charge in [0.15, 0.2) is 11.6 Å². The van der Waals surface area contributed by atoms with Gasteiger partial charge >= 0.3 is 0 Å². The van der Waals surface area contributed by atoms with Crippen LogP contribution in [-0.4, -0.2) is 24.9 Å². The summed E-state index contributed by atoms with van der Waals surface area (Å²) in [6.45, 7) is 3.24. The minimum Gasteiger partial charge on any atom is -0.366 e. The Bertz CT molecular complexity index is 400. The van der Waals surface area contributed by atoms with Crippen LogP contribution >= 0.6 is 7.14 Å². The number of ketones is 1. The highest BCUT2D eigenvalue weighted by Crippen LogP contribution is 2.49. The van der Waals surface area contributed by atoms with Crippen LogP contribution in [0, 0.1) is 0 Å². The van der Waals surface area contributed by atoms with E-state index in [1.54, 1.807) is 12.1 Å². The highest BCUT2D eigenvalue weighted by molar-refractivity contribution is 7.72. The SMILES string of the molecule is CCP(=O)(c1ccccc1)C(OC)C(C)=O. The minimum absolute atomic E-state index is 0.184. The molecule has 2 atom stereocenters. The average molecular weight is 240 g/mol. The summed E-state index contributed by atoms with van der Waals surface area (Å²) in [5, 5.41) is 0.708. The van der Waals surface area contributed by atoms with Crippen LogP contribution in [0.4, 0.5) is 0 Å². The fourth-order valence-corrected chi connectivity index (χ4v) is 4.37. The quantitative estimate of drug-likeness (QED) is 0.741. The summed E-state index contributed by atoms with van der Waals surface area (Å²) in [5.41, 5.74) is 0. The van der Waals surface area contributed by atoms with E-state index in [2.05, 4.69) is 0 Å². The molecule has 4 heteroatoms. The second-order valence-corrected chi connectivity index (χ2v) is 6.86. The minimum atomic E-state index is -2.79. The van der Waals surface area contributed by atoms with Crippen molar-refractivity contribution >= 4 is 18.2 Å². The molecule has 16 heavy (non-hydrogen) atoms. The van der Waals surface area contributed by atoms with Gasteiger partial charge in [-0.25, -0.2) is 0 Å². The van der Waals surface area contributed by atoms with Crippen molar-refractivity contribution in [2.75, 3.05) is 13.3 Å². The van der Waals surface area contributed by atoms with Crippen molar-refractivity contribution in [3.63, 3.8) is 0 Å². The molecule has 0 saturated carbocycles. The topological polar surface area (TPSA) is 43.4 Å². The Morgan fingerprint density at radius 2 is 1.94 bits per heavy atom. The largest absolute Gasteiger partial charge is 0.366 e.